The molecule has 108 valence electrons. The summed E-state index contributed by atoms with van der Waals surface area (Å²) in [6.45, 7) is 11.6. The molecule has 1 aromatic heterocycles. The topological polar surface area (TPSA) is 56.0 Å². The summed E-state index contributed by atoms with van der Waals surface area (Å²) in [5, 5.41) is 9.21. The highest BCUT2D eigenvalue weighted by molar-refractivity contribution is 5.40. The van der Waals surface area contributed by atoms with Crippen LogP contribution in [0.2, 0.25) is 0 Å². The van der Waals surface area contributed by atoms with E-state index < -0.39 is 0 Å². The Kier molecular flexibility index (Phi) is 4.24. The van der Waals surface area contributed by atoms with E-state index in [4.69, 9.17) is 0 Å². The van der Waals surface area contributed by atoms with Gasteiger partial charge >= 0.3 is 0 Å². The first-order valence-corrected chi connectivity index (χ1v) is 7.22. The van der Waals surface area contributed by atoms with Crippen LogP contribution in [0.1, 0.15) is 32.3 Å². The van der Waals surface area contributed by atoms with Gasteiger partial charge in [0.1, 0.15) is 17.2 Å². The van der Waals surface area contributed by atoms with Crippen molar-refractivity contribution in [1.82, 2.24) is 14.9 Å². The second-order valence-corrected chi connectivity index (χ2v) is 5.76. The summed E-state index contributed by atoms with van der Waals surface area (Å²) < 4.78 is 0. The molecule has 0 aliphatic carbocycles. The molecule has 1 aromatic rings. The lowest BCUT2D eigenvalue weighted by atomic mass is 10.0. The molecule has 0 bridgehead atoms. The van der Waals surface area contributed by atoms with Crippen LogP contribution >= 0.6 is 0 Å². The third kappa shape index (κ3) is 3.07. The van der Waals surface area contributed by atoms with Crippen LogP contribution in [-0.2, 0) is 6.42 Å². The van der Waals surface area contributed by atoms with Gasteiger partial charge in [-0.2, -0.15) is 5.26 Å². The van der Waals surface area contributed by atoms with Gasteiger partial charge in [0.2, 0.25) is 0 Å². The number of aryl methyl sites for hydroxylation is 2. The molecule has 5 nitrogen and oxygen atoms in total. The van der Waals surface area contributed by atoms with E-state index in [1.54, 1.807) is 0 Å². The maximum Gasteiger partial charge on any atom is 0.132 e. The molecule has 0 N–H and O–H groups in total. The third-order valence-corrected chi connectivity index (χ3v) is 3.91. The maximum atomic E-state index is 9.21. The molecule has 0 amide bonds. The van der Waals surface area contributed by atoms with E-state index in [-0.39, 0.29) is 5.54 Å². The van der Waals surface area contributed by atoms with Crippen molar-refractivity contribution in [3.63, 3.8) is 0 Å². The van der Waals surface area contributed by atoms with Crippen LogP contribution in [0.5, 0.6) is 0 Å². The van der Waals surface area contributed by atoms with Crippen LogP contribution in [0.15, 0.2) is 6.07 Å². The van der Waals surface area contributed by atoms with Crippen molar-refractivity contribution in [2.75, 3.05) is 31.1 Å². The predicted octanol–water partition coefficient (Wildman–Crippen LogP) is 1.77. The zero-order valence-electron chi connectivity index (χ0n) is 12.8. The van der Waals surface area contributed by atoms with Crippen LogP contribution in [0.4, 0.5) is 5.82 Å². The molecule has 1 saturated heterocycles. The van der Waals surface area contributed by atoms with Crippen molar-refractivity contribution in [3.8, 4) is 6.07 Å². The Bertz CT molecular complexity index is 509. The smallest absolute Gasteiger partial charge is 0.132 e. The summed E-state index contributed by atoms with van der Waals surface area (Å²) in [6.07, 6.45) is 0.928. The molecule has 5 heteroatoms. The summed E-state index contributed by atoms with van der Waals surface area (Å²) in [7, 11) is 0. The lowest BCUT2D eigenvalue weighted by Crippen LogP contribution is -2.54. The number of aromatic nitrogens is 2. The Morgan fingerprint density at radius 3 is 2.45 bits per heavy atom. The SMILES string of the molecule is CCc1cc(N2CCN(C(C)(C)C#N)CC2)nc(C)n1. The first-order valence-electron chi connectivity index (χ1n) is 7.22. The minimum absolute atomic E-state index is 0.387. The normalized spacial score (nSPS) is 17.1. The number of hydrogen-bond acceptors (Lipinski definition) is 5. The molecular weight excluding hydrogens is 250 g/mol. The summed E-state index contributed by atoms with van der Waals surface area (Å²) >= 11 is 0. The van der Waals surface area contributed by atoms with E-state index in [9.17, 15) is 5.26 Å². The van der Waals surface area contributed by atoms with Gasteiger partial charge in [-0.3, -0.25) is 4.90 Å². The molecule has 0 atom stereocenters. The maximum absolute atomic E-state index is 9.21. The molecule has 2 rings (SSSR count). The van der Waals surface area contributed by atoms with E-state index in [0.29, 0.717) is 0 Å². The number of nitriles is 1. The van der Waals surface area contributed by atoms with Gasteiger partial charge in [0.05, 0.1) is 6.07 Å². The third-order valence-electron chi connectivity index (χ3n) is 3.91. The van der Waals surface area contributed by atoms with Gasteiger partial charge in [-0.25, -0.2) is 9.97 Å². The van der Waals surface area contributed by atoms with Crippen LogP contribution in [-0.4, -0.2) is 46.6 Å². The average Bonchev–Trinajstić information content (AvgIpc) is 2.46. The fraction of sp³-hybridized carbons (Fsp3) is 0.667. The molecule has 1 aliphatic rings. The van der Waals surface area contributed by atoms with Crippen LogP contribution < -0.4 is 4.90 Å². The molecule has 1 fully saturated rings. The van der Waals surface area contributed by atoms with Crippen molar-refractivity contribution in [2.45, 2.75) is 39.7 Å². The first-order chi connectivity index (χ1) is 9.46. The monoisotopic (exact) mass is 273 g/mol. The van der Waals surface area contributed by atoms with E-state index in [0.717, 1.165) is 49.9 Å². The lowest BCUT2D eigenvalue weighted by molar-refractivity contribution is 0.157. The molecule has 0 radical (unpaired) electrons. The minimum Gasteiger partial charge on any atom is -0.354 e. The first kappa shape index (κ1) is 14.7. The number of anilines is 1. The summed E-state index contributed by atoms with van der Waals surface area (Å²) in [4.78, 5) is 13.5. The molecular formula is C15H23N5. The number of hydrogen-bond donors (Lipinski definition) is 0. The minimum atomic E-state index is -0.387. The largest absolute Gasteiger partial charge is 0.354 e. The van der Waals surface area contributed by atoms with Gasteiger partial charge in [0.25, 0.3) is 0 Å². The van der Waals surface area contributed by atoms with Crippen LogP contribution in [0.3, 0.4) is 0 Å². The Morgan fingerprint density at radius 2 is 1.90 bits per heavy atom. The van der Waals surface area contributed by atoms with E-state index >= 15 is 0 Å². The predicted molar refractivity (Wildman–Crippen MR) is 79.6 cm³/mol. The van der Waals surface area contributed by atoms with Crippen molar-refractivity contribution in [1.29, 1.82) is 5.26 Å². The number of rotatable bonds is 3. The Morgan fingerprint density at radius 1 is 1.25 bits per heavy atom. The molecule has 0 aromatic carbocycles. The van der Waals surface area contributed by atoms with Crippen molar-refractivity contribution in [2.24, 2.45) is 0 Å². The van der Waals surface area contributed by atoms with Crippen LogP contribution in [0, 0.1) is 18.3 Å². The Balaban J connectivity index is 2.08. The summed E-state index contributed by atoms with van der Waals surface area (Å²) in [5.41, 5.74) is 0.703. The molecule has 1 aliphatic heterocycles. The Hall–Kier alpha value is -1.67. The van der Waals surface area contributed by atoms with E-state index in [1.165, 1.54) is 0 Å². The van der Waals surface area contributed by atoms with Gasteiger partial charge in [-0.05, 0) is 27.2 Å². The van der Waals surface area contributed by atoms with E-state index in [2.05, 4.69) is 38.8 Å². The average molecular weight is 273 g/mol. The van der Waals surface area contributed by atoms with Gasteiger partial charge in [0, 0.05) is 37.9 Å². The highest BCUT2D eigenvalue weighted by atomic mass is 15.3. The molecule has 2 heterocycles. The second-order valence-electron chi connectivity index (χ2n) is 5.76. The standard InChI is InChI=1S/C15H23N5/c1-5-13-10-14(18-12(2)17-13)19-6-8-20(9-7-19)15(3,4)11-16/h10H,5-9H2,1-4H3. The van der Waals surface area contributed by atoms with Gasteiger partial charge in [-0.1, -0.05) is 6.92 Å². The highest BCUT2D eigenvalue weighted by Crippen LogP contribution is 2.20. The quantitative estimate of drug-likeness (QED) is 0.840. The highest BCUT2D eigenvalue weighted by Gasteiger charge is 2.30. The fourth-order valence-electron chi connectivity index (χ4n) is 2.52. The zero-order valence-corrected chi connectivity index (χ0v) is 12.8. The number of piperazine rings is 1. The van der Waals surface area contributed by atoms with Crippen molar-refractivity contribution >= 4 is 5.82 Å². The lowest BCUT2D eigenvalue weighted by Gasteiger charge is -2.41. The zero-order chi connectivity index (χ0) is 14.8. The second kappa shape index (κ2) is 5.76. The Labute approximate surface area is 121 Å². The number of nitrogens with zero attached hydrogens (tertiary/aromatic N) is 5. The molecule has 0 spiro atoms. The van der Waals surface area contributed by atoms with Gasteiger partial charge in [-0.15, -0.1) is 0 Å². The summed E-state index contributed by atoms with van der Waals surface area (Å²) in [6, 6.07) is 4.46. The molecule has 20 heavy (non-hydrogen) atoms. The molecule has 0 saturated carbocycles. The van der Waals surface area contributed by atoms with Crippen LogP contribution in [0.25, 0.3) is 0 Å². The van der Waals surface area contributed by atoms with E-state index in [1.807, 2.05) is 20.8 Å². The summed E-state index contributed by atoms with van der Waals surface area (Å²) in [5.74, 6) is 1.85. The van der Waals surface area contributed by atoms with Gasteiger partial charge in [0.15, 0.2) is 0 Å². The van der Waals surface area contributed by atoms with Gasteiger partial charge < -0.3 is 4.90 Å². The fourth-order valence-corrected chi connectivity index (χ4v) is 2.52. The molecule has 0 unspecified atom stereocenters. The van der Waals surface area contributed by atoms with Crippen molar-refractivity contribution < 1.29 is 0 Å². The van der Waals surface area contributed by atoms with Crippen molar-refractivity contribution in [3.05, 3.63) is 17.6 Å².